The van der Waals surface area contributed by atoms with Crippen molar-refractivity contribution in [2.24, 2.45) is 17.4 Å². The number of carbonyl (C=O) groups is 6. The van der Waals surface area contributed by atoms with Gasteiger partial charge in [-0.2, -0.15) is 0 Å². The van der Waals surface area contributed by atoms with Crippen LogP contribution in [0.15, 0.2) is 0 Å². The quantitative estimate of drug-likeness (QED) is 0.112. The molecule has 0 spiro atoms. The maximum atomic E-state index is 12.7. The first-order valence-corrected chi connectivity index (χ1v) is 10.3. The molecule has 0 saturated heterocycles. The summed E-state index contributed by atoms with van der Waals surface area (Å²) in [6.07, 6.45) is -0.685. The zero-order chi connectivity index (χ0) is 25.7. The van der Waals surface area contributed by atoms with Crippen molar-refractivity contribution in [2.75, 3.05) is 6.61 Å². The molecule has 0 aromatic rings. The summed E-state index contributed by atoms with van der Waals surface area (Å²) in [6, 6.07) is -5.37. The zero-order valence-electron chi connectivity index (χ0n) is 18.6. The molecule has 0 radical (unpaired) electrons. The molecule has 0 aliphatic carbocycles. The second-order valence-corrected chi connectivity index (χ2v) is 7.56. The van der Waals surface area contributed by atoms with Crippen molar-refractivity contribution < 1.29 is 44.1 Å². The van der Waals surface area contributed by atoms with Crippen LogP contribution in [0.4, 0.5) is 0 Å². The highest BCUT2D eigenvalue weighted by molar-refractivity contribution is 5.94. The number of carbonyl (C=O) groups excluding carboxylic acids is 4. The second kappa shape index (κ2) is 14.7. The number of carboxylic acid groups (broad SMARTS) is 2. The number of rotatable bonds is 16. The second-order valence-electron chi connectivity index (χ2n) is 7.56. The summed E-state index contributed by atoms with van der Waals surface area (Å²) in [5.41, 5.74) is 10.6. The fourth-order valence-corrected chi connectivity index (χ4v) is 2.64. The van der Waals surface area contributed by atoms with E-state index in [1.165, 1.54) is 0 Å². The Morgan fingerprint density at radius 1 is 0.848 bits per heavy atom. The Morgan fingerprint density at radius 3 is 1.88 bits per heavy atom. The third-order valence-corrected chi connectivity index (χ3v) is 4.91. The summed E-state index contributed by atoms with van der Waals surface area (Å²) in [5, 5.41) is 34.2. The number of aliphatic carboxylic acids is 2. The van der Waals surface area contributed by atoms with Gasteiger partial charge in [-0.1, -0.05) is 20.3 Å². The first-order valence-electron chi connectivity index (χ1n) is 10.3. The number of hydrogen-bond acceptors (Lipinski definition) is 8. The highest BCUT2D eigenvalue weighted by atomic mass is 16.4. The van der Waals surface area contributed by atoms with Gasteiger partial charge in [-0.05, 0) is 18.8 Å². The Hall–Kier alpha value is -3.26. The lowest BCUT2D eigenvalue weighted by molar-refractivity contribution is -0.143. The van der Waals surface area contributed by atoms with E-state index in [4.69, 9.17) is 16.6 Å². The van der Waals surface area contributed by atoms with Gasteiger partial charge in [0.15, 0.2) is 0 Å². The molecule has 5 atom stereocenters. The van der Waals surface area contributed by atoms with E-state index in [0.29, 0.717) is 6.42 Å². The molecule has 0 heterocycles. The van der Waals surface area contributed by atoms with E-state index in [2.05, 4.69) is 16.0 Å². The van der Waals surface area contributed by atoms with Crippen molar-refractivity contribution in [1.29, 1.82) is 0 Å². The molecule has 0 aliphatic heterocycles. The molecule has 33 heavy (non-hydrogen) atoms. The molecule has 0 aliphatic rings. The third kappa shape index (κ3) is 11.2. The normalized spacial score (nSPS) is 15.3. The molecule has 188 valence electrons. The predicted octanol–water partition coefficient (Wildman–Crippen LogP) is -2.98. The number of amides is 4. The van der Waals surface area contributed by atoms with E-state index >= 15 is 0 Å². The van der Waals surface area contributed by atoms with Crippen LogP contribution in [0.1, 0.15) is 46.0 Å². The van der Waals surface area contributed by atoms with Gasteiger partial charge in [-0.15, -0.1) is 0 Å². The Bertz CT molecular complexity index is 730. The van der Waals surface area contributed by atoms with Gasteiger partial charge in [0, 0.05) is 12.8 Å². The molecule has 0 bridgehead atoms. The van der Waals surface area contributed by atoms with Crippen LogP contribution in [0.25, 0.3) is 0 Å². The number of nitrogens with two attached hydrogens (primary N) is 2. The molecular weight excluding hydrogens is 442 g/mol. The fourth-order valence-electron chi connectivity index (χ4n) is 2.64. The van der Waals surface area contributed by atoms with Gasteiger partial charge in [0.1, 0.15) is 18.1 Å². The summed E-state index contributed by atoms with van der Waals surface area (Å²) in [6.45, 7) is 2.51. The minimum Gasteiger partial charge on any atom is -0.481 e. The van der Waals surface area contributed by atoms with Crippen LogP contribution in [0.2, 0.25) is 0 Å². The Kier molecular flexibility index (Phi) is 13.3. The van der Waals surface area contributed by atoms with Crippen LogP contribution in [0, 0.1) is 5.92 Å². The average molecular weight is 475 g/mol. The molecule has 14 nitrogen and oxygen atoms in total. The van der Waals surface area contributed by atoms with E-state index in [0.717, 1.165) is 0 Å². The summed E-state index contributed by atoms with van der Waals surface area (Å²) in [4.78, 5) is 70.3. The largest absolute Gasteiger partial charge is 0.481 e. The maximum absolute atomic E-state index is 12.7. The van der Waals surface area contributed by atoms with Crippen LogP contribution in [0.3, 0.4) is 0 Å². The van der Waals surface area contributed by atoms with Gasteiger partial charge in [0.25, 0.3) is 0 Å². The standard InChI is InChI=1S/C19H33N5O9/c1-3-9(2)15(18(31)22-11(19(32)33)5-6-13(21)26)24-17(30)12(8-25)23-16(29)10(20)4-7-14(27)28/h9-12,15,25H,3-8,20H2,1-2H3,(H2,21,26)(H,22,31)(H,23,29)(H,24,30)(H,27,28)(H,32,33). The van der Waals surface area contributed by atoms with Crippen LogP contribution < -0.4 is 27.4 Å². The van der Waals surface area contributed by atoms with Crippen molar-refractivity contribution in [2.45, 2.75) is 70.1 Å². The minimum atomic E-state index is -1.49. The molecule has 0 rings (SSSR count). The minimum absolute atomic E-state index is 0.194. The molecule has 10 N–H and O–H groups in total. The van der Waals surface area contributed by atoms with Crippen LogP contribution in [-0.2, 0) is 28.8 Å². The lowest BCUT2D eigenvalue weighted by Crippen LogP contribution is -2.59. The van der Waals surface area contributed by atoms with Gasteiger partial charge in [0.05, 0.1) is 12.6 Å². The highest BCUT2D eigenvalue weighted by Gasteiger charge is 2.32. The van der Waals surface area contributed by atoms with Gasteiger partial charge in [0.2, 0.25) is 23.6 Å². The Balaban J connectivity index is 5.29. The summed E-state index contributed by atoms with van der Waals surface area (Å²) < 4.78 is 0. The number of aliphatic hydroxyl groups excluding tert-OH is 1. The van der Waals surface area contributed by atoms with Gasteiger partial charge >= 0.3 is 11.9 Å². The lowest BCUT2D eigenvalue weighted by atomic mass is 9.97. The number of carboxylic acids is 2. The number of hydrogen-bond donors (Lipinski definition) is 8. The molecule has 0 saturated carbocycles. The smallest absolute Gasteiger partial charge is 0.326 e. The highest BCUT2D eigenvalue weighted by Crippen LogP contribution is 2.10. The van der Waals surface area contributed by atoms with E-state index in [1.807, 2.05) is 0 Å². The predicted molar refractivity (Wildman–Crippen MR) is 113 cm³/mol. The summed E-state index contributed by atoms with van der Waals surface area (Å²) in [7, 11) is 0. The molecular formula is C19H33N5O9. The lowest BCUT2D eigenvalue weighted by Gasteiger charge is -2.27. The molecule has 4 amide bonds. The number of primary amides is 1. The first kappa shape index (κ1) is 29.7. The van der Waals surface area contributed by atoms with E-state index in [9.17, 15) is 39.0 Å². The molecule has 14 heteroatoms. The van der Waals surface area contributed by atoms with Crippen molar-refractivity contribution in [3.05, 3.63) is 0 Å². The van der Waals surface area contributed by atoms with Crippen molar-refractivity contribution in [3.63, 3.8) is 0 Å². The van der Waals surface area contributed by atoms with E-state index in [-0.39, 0.29) is 25.7 Å². The number of aliphatic hydroxyl groups is 1. The third-order valence-electron chi connectivity index (χ3n) is 4.91. The summed E-state index contributed by atoms with van der Waals surface area (Å²) >= 11 is 0. The Morgan fingerprint density at radius 2 is 1.42 bits per heavy atom. The zero-order valence-corrected chi connectivity index (χ0v) is 18.6. The van der Waals surface area contributed by atoms with Gasteiger partial charge < -0.3 is 42.7 Å². The molecule has 5 unspecified atom stereocenters. The van der Waals surface area contributed by atoms with E-state index in [1.54, 1.807) is 13.8 Å². The van der Waals surface area contributed by atoms with Crippen molar-refractivity contribution >= 4 is 35.6 Å². The van der Waals surface area contributed by atoms with Crippen molar-refractivity contribution in [1.82, 2.24) is 16.0 Å². The monoisotopic (exact) mass is 475 g/mol. The van der Waals surface area contributed by atoms with Gasteiger partial charge in [-0.25, -0.2) is 4.79 Å². The first-order chi connectivity index (χ1) is 15.3. The number of nitrogens with one attached hydrogen (secondary N) is 3. The average Bonchev–Trinajstić information content (AvgIpc) is 2.75. The molecule has 0 aromatic carbocycles. The van der Waals surface area contributed by atoms with Crippen LogP contribution in [0.5, 0.6) is 0 Å². The maximum Gasteiger partial charge on any atom is 0.326 e. The molecule has 0 fully saturated rings. The van der Waals surface area contributed by atoms with Crippen molar-refractivity contribution in [3.8, 4) is 0 Å². The summed E-state index contributed by atoms with van der Waals surface area (Å²) in [5.74, 6) is -6.40. The molecule has 0 aromatic heterocycles. The van der Waals surface area contributed by atoms with E-state index < -0.39 is 72.3 Å². The fraction of sp³-hybridized carbons (Fsp3) is 0.684. The van der Waals surface area contributed by atoms with Gasteiger partial charge in [-0.3, -0.25) is 24.0 Å². The topological polar surface area (TPSA) is 251 Å². The SMILES string of the molecule is CCC(C)C(NC(=O)C(CO)NC(=O)C(N)CCC(=O)O)C(=O)NC(CCC(N)=O)C(=O)O. The van der Waals surface area contributed by atoms with Crippen LogP contribution >= 0.6 is 0 Å². The van der Waals surface area contributed by atoms with Crippen LogP contribution in [-0.4, -0.2) is 81.7 Å². The Labute approximate surface area is 190 Å².